The molecule has 16 heavy (non-hydrogen) atoms. The molecule has 0 saturated heterocycles. The van der Waals surface area contributed by atoms with Gasteiger partial charge in [-0.05, 0) is 46.6 Å². The average Bonchev–Trinajstić information content (AvgIpc) is 2.64. The van der Waals surface area contributed by atoms with Crippen LogP contribution in [0.15, 0.2) is 34.2 Å². The molecule has 0 fully saturated rings. The third kappa shape index (κ3) is 2.90. The van der Waals surface area contributed by atoms with Crippen LogP contribution in [-0.2, 0) is 6.42 Å². The number of hydrogen-bond donors (Lipinski definition) is 1. The van der Waals surface area contributed by atoms with Gasteiger partial charge in [-0.2, -0.15) is 0 Å². The third-order valence-electron chi connectivity index (χ3n) is 2.29. The Kier molecular flexibility index (Phi) is 3.74. The van der Waals surface area contributed by atoms with Crippen LogP contribution in [0.1, 0.15) is 22.2 Å². The molecule has 1 atom stereocenters. The van der Waals surface area contributed by atoms with Gasteiger partial charge in [0.15, 0.2) is 0 Å². The highest BCUT2D eigenvalue weighted by Crippen LogP contribution is 2.24. The molecule has 0 aliphatic rings. The van der Waals surface area contributed by atoms with Gasteiger partial charge in [-0.3, -0.25) is 4.98 Å². The number of hydrogen-bond acceptors (Lipinski definition) is 3. The number of rotatable bonds is 3. The van der Waals surface area contributed by atoms with E-state index in [9.17, 15) is 5.11 Å². The molecule has 2 aromatic rings. The average molecular weight is 298 g/mol. The van der Waals surface area contributed by atoms with Crippen LogP contribution in [0.2, 0.25) is 0 Å². The number of aryl methyl sites for hydroxylation is 1. The molecule has 0 aliphatic carbocycles. The van der Waals surface area contributed by atoms with Crippen molar-refractivity contribution in [3.63, 3.8) is 0 Å². The summed E-state index contributed by atoms with van der Waals surface area (Å²) in [6, 6.07) is 5.88. The standard InChI is InChI=1S/C12H12BrNOS/c1-8-2-3-14-11(4-8)12(15)6-10-5-9(13)7-16-10/h2-5,7,12,15H,6H2,1H3. The van der Waals surface area contributed by atoms with Gasteiger partial charge in [-0.1, -0.05) is 0 Å². The van der Waals surface area contributed by atoms with Gasteiger partial charge < -0.3 is 5.11 Å². The van der Waals surface area contributed by atoms with Crippen molar-refractivity contribution in [1.82, 2.24) is 4.98 Å². The number of aromatic nitrogens is 1. The van der Waals surface area contributed by atoms with Gasteiger partial charge in [0.1, 0.15) is 6.10 Å². The lowest BCUT2D eigenvalue weighted by Crippen LogP contribution is -2.03. The molecule has 0 amide bonds. The molecular formula is C12H12BrNOS. The maximum atomic E-state index is 10.0. The van der Waals surface area contributed by atoms with E-state index in [1.165, 1.54) is 0 Å². The fourth-order valence-electron chi connectivity index (χ4n) is 1.50. The summed E-state index contributed by atoms with van der Waals surface area (Å²) in [5.41, 5.74) is 1.86. The molecule has 0 aliphatic heterocycles. The number of halogens is 1. The molecular weight excluding hydrogens is 286 g/mol. The van der Waals surface area contributed by atoms with E-state index < -0.39 is 6.10 Å². The molecule has 4 heteroatoms. The Labute approximate surface area is 107 Å². The molecule has 1 N–H and O–H groups in total. The first-order valence-corrected chi connectivity index (χ1v) is 6.66. The maximum Gasteiger partial charge on any atom is 0.101 e. The normalized spacial score (nSPS) is 12.7. The minimum Gasteiger partial charge on any atom is -0.386 e. The van der Waals surface area contributed by atoms with Crippen molar-refractivity contribution in [3.8, 4) is 0 Å². The van der Waals surface area contributed by atoms with Crippen LogP contribution in [0.5, 0.6) is 0 Å². The molecule has 0 radical (unpaired) electrons. The Hall–Kier alpha value is -0.710. The van der Waals surface area contributed by atoms with Crippen molar-refractivity contribution in [1.29, 1.82) is 0 Å². The Morgan fingerprint density at radius 3 is 2.94 bits per heavy atom. The molecule has 0 spiro atoms. The lowest BCUT2D eigenvalue weighted by atomic mass is 10.1. The maximum absolute atomic E-state index is 10.0. The summed E-state index contributed by atoms with van der Waals surface area (Å²) in [6.07, 6.45) is 1.83. The zero-order valence-corrected chi connectivity index (χ0v) is 11.3. The van der Waals surface area contributed by atoms with Crippen LogP contribution in [0.3, 0.4) is 0 Å². The minimum absolute atomic E-state index is 0.523. The number of thiophene rings is 1. The van der Waals surface area contributed by atoms with Gasteiger partial charge in [0.2, 0.25) is 0 Å². The highest BCUT2D eigenvalue weighted by molar-refractivity contribution is 9.10. The largest absolute Gasteiger partial charge is 0.386 e. The van der Waals surface area contributed by atoms with E-state index >= 15 is 0 Å². The summed E-state index contributed by atoms with van der Waals surface area (Å²) >= 11 is 5.05. The summed E-state index contributed by atoms with van der Waals surface area (Å²) in [7, 11) is 0. The highest BCUT2D eigenvalue weighted by atomic mass is 79.9. The minimum atomic E-state index is -0.523. The van der Waals surface area contributed by atoms with E-state index in [-0.39, 0.29) is 0 Å². The van der Waals surface area contributed by atoms with Gasteiger partial charge in [0, 0.05) is 27.3 Å². The van der Waals surface area contributed by atoms with Crippen molar-refractivity contribution in [2.24, 2.45) is 0 Å². The van der Waals surface area contributed by atoms with Crippen molar-refractivity contribution in [3.05, 3.63) is 50.4 Å². The zero-order chi connectivity index (χ0) is 11.5. The quantitative estimate of drug-likeness (QED) is 0.941. The molecule has 0 saturated carbocycles. The lowest BCUT2D eigenvalue weighted by molar-refractivity contribution is 0.174. The first-order valence-electron chi connectivity index (χ1n) is 4.98. The molecule has 2 aromatic heterocycles. The summed E-state index contributed by atoms with van der Waals surface area (Å²) in [6.45, 7) is 2.00. The Balaban J connectivity index is 2.11. The monoisotopic (exact) mass is 297 g/mol. The summed E-state index contributed by atoms with van der Waals surface area (Å²) in [4.78, 5) is 5.34. The van der Waals surface area contributed by atoms with Crippen LogP contribution in [0.25, 0.3) is 0 Å². The van der Waals surface area contributed by atoms with E-state index in [0.717, 1.165) is 20.6 Å². The Bertz CT molecular complexity index is 483. The molecule has 1 unspecified atom stereocenters. The second-order valence-corrected chi connectivity index (χ2v) is 5.62. The Morgan fingerprint density at radius 1 is 1.50 bits per heavy atom. The number of nitrogens with zero attached hydrogens (tertiary/aromatic N) is 1. The highest BCUT2D eigenvalue weighted by Gasteiger charge is 2.11. The second kappa shape index (κ2) is 5.08. The predicted molar refractivity (Wildman–Crippen MR) is 69.7 cm³/mol. The topological polar surface area (TPSA) is 33.1 Å². The van der Waals surface area contributed by atoms with Crippen LogP contribution in [-0.4, -0.2) is 10.1 Å². The van der Waals surface area contributed by atoms with E-state index in [1.54, 1.807) is 17.5 Å². The third-order valence-corrected chi connectivity index (χ3v) is 4.01. The first kappa shape index (κ1) is 11.8. The van der Waals surface area contributed by atoms with Gasteiger partial charge >= 0.3 is 0 Å². The van der Waals surface area contributed by atoms with Crippen LogP contribution in [0, 0.1) is 6.92 Å². The molecule has 0 bridgehead atoms. The van der Waals surface area contributed by atoms with Crippen molar-refractivity contribution < 1.29 is 5.11 Å². The van der Waals surface area contributed by atoms with Crippen LogP contribution < -0.4 is 0 Å². The molecule has 2 heterocycles. The van der Waals surface area contributed by atoms with Crippen LogP contribution >= 0.6 is 27.3 Å². The smallest absolute Gasteiger partial charge is 0.101 e. The number of aliphatic hydroxyl groups excluding tert-OH is 1. The predicted octanol–water partition coefficient (Wildman–Crippen LogP) is 3.49. The van der Waals surface area contributed by atoms with Gasteiger partial charge in [0.25, 0.3) is 0 Å². The molecule has 2 nitrogen and oxygen atoms in total. The van der Waals surface area contributed by atoms with E-state index in [4.69, 9.17) is 0 Å². The summed E-state index contributed by atoms with van der Waals surface area (Å²) < 4.78 is 1.07. The van der Waals surface area contributed by atoms with Crippen molar-refractivity contribution in [2.75, 3.05) is 0 Å². The fourth-order valence-corrected chi connectivity index (χ4v) is 2.99. The molecule has 84 valence electrons. The Morgan fingerprint density at radius 2 is 2.31 bits per heavy atom. The van der Waals surface area contributed by atoms with E-state index in [1.807, 2.05) is 30.5 Å². The van der Waals surface area contributed by atoms with Gasteiger partial charge in [-0.15, -0.1) is 11.3 Å². The first-order chi connectivity index (χ1) is 7.65. The second-order valence-electron chi connectivity index (χ2n) is 3.71. The van der Waals surface area contributed by atoms with Crippen molar-refractivity contribution in [2.45, 2.75) is 19.4 Å². The molecule has 2 rings (SSSR count). The number of pyridine rings is 1. The van der Waals surface area contributed by atoms with Gasteiger partial charge in [0.05, 0.1) is 5.69 Å². The zero-order valence-electron chi connectivity index (χ0n) is 8.85. The van der Waals surface area contributed by atoms with E-state index in [0.29, 0.717) is 6.42 Å². The summed E-state index contributed by atoms with van der Waals surface area (Å²) in [5, 5.41) is 12.1. The van der Waals surface area contributed by atoms with Crippen LogP contribution in [0.4, 0.5) is 0 Å². The van der Waals surface area contributed by atoms with Crippen molar-refractivity contribution >= 4 is 27.3 Å². The lowest BCUT2D eigenvalue weighted by Gasteiger charge is -2.08. The summed E-state index contributed by atoms with van der Waals surface area (Å²) in [5.74, 6) is 0. The SMILES string of the molecule is Cc1ccnc(C(O)Cc2cc(Br)cs2)c1. The molecule has 0 aromatic carbocycles. The van der Waals surface area contributed by atoms with E-state index in [2.05, 4.69) is 20.9 Å². The number of aliphatic hydroxyl groups is 1. The fraction of sp³-hybridized carbons (Fsp3) is 0.250. The van der Waals surface area contributed by atoms with Gasteiger partial charge in [-0.25, -0.2) is 0 Å².